The largest absolute Gasteiger partial charge is 0.508 e. The molecule has 0 saturated carbocycles. The van der Waals surface area contributed by atoms with E-state index in [4.69, 9.17) is 5.26 Å². The van der Waals surface area contributed by atoms with Gasteiger partial charge in [-0.05, 0) is 32.0 Å². The van der Waals surface area contributed by atoms with Crippen LogP contribution in [0.15, 0.2) is 18.2 Å². The fraction of sp³-hybridized carbons (Fsp3) is 0.300. The lowest BCUT2D eigenvalue weighted by molar-refractivity contribution is 0.444. The van der Waals surface area contributed by atoms with Gasteiger partial charge in [-0.1, -0.05) is 0 Å². The maximum absolute atomic E-state index is 9.44. The first-order valence-corrected chi connectivity index (χ1v) is 3.91. The summed E-state index contributed by atoms with van der Waals surface area (Å²) >= 11 is 0. The fourth-order valence-corrected chi connectivity index (χ4v) is 1.08. The van der Waals surface area contributed by atoms with Gasteiger partial charge in [0.05, 0.1) is 11.5 Å². The number of rotatable bonds is 1. The summed E-state index contributed by atoms with van der Waals surface area (Å²) < 4.78 is 0. The first-order valence-electron chi connectivity index (χ1n) is 3.91. The van der Waals surface area contributed by atoms with E-state index in [0.29, 0.717) is 5.56 Å². The number of benzene rings is 1. The summed E-state index contributed by atoms with van der Waals surface area (Å²) in [6.07, 6.45) is 0. The lowest BCUT2D eigenvalue weighted by Crippen LogP contribution is -2.13. The van der Waals surface area contributed by atoms with E-state index in [9.17, 15) is 10.2 Å². The molecule has 2 N–H and O–H groups in total. The van der Waals surface area contributed by atoms with Crippen molar-refractivity contribution in [3.8, 4) is 17.6 Å². The Hall–Kier alpha value is -1.69. The molecule has 0 saturated heterocycles. The van der Waals surface area contributed by atoms with E-state index in [2.05, 4.69) is 6.07 Å². The predicted molar refractivity (Wildman–Crippen MR) is 48.4 cm³/mol. The Balaban J connectivity index is 3.30. The van der Waals surface area contributed by atoms with Gasteiger partial charge in [0, 0.05) is 5.56 Å². The lowest BCUT2D eigenvalue weighted by atomic mass is 9.85. The second-order valence-electron chi connectivity index (χ2n) is 3.44. The maximum atomic E-state index is 9.44. The van der Waals surface area contributed by atoms with Crippen LogP contribution in [0.2, 0.25) is 0 Å². The van der Waals surface area contributed by atoms with Gasteiger partial charge in [0.25, 0.3) is 0 Å². The minimum absolute atomic E-state index is 0.0318. The van der Waals surface area contributed by atoms with Gasteiger partial charge in [-0.25, -0.2) is 0 Å². The summed E-state index contributed by atoms with van der Waals surface area (Å²) in [5.41, 5.74) is -0.349. The number of phenols is 2. The summed E-state index contributed by atoms with van der Waals surface area (Å²) in [5.74, 6) is 0.0838. The van der Waals surface area contributed by atoms with Gasteiger partial charge in [0.2, 0.25) is 0 Å². The van der Waals surface area contributed by atoms with Gasteiger partial charge >= 0.3 is 0 Å². The van der Waals surface area contributed by atoms with E-state index in [1.807, 2.05) is 0 Å². The standard InChI is InChI=1S/C10H11NO2/c1-10(2,6-11)8-5-7(12)3-4-9(8)13/h3-5,12-13H,1-2H3. The topological polar surface area (TPSA) is 64.2 Å². The van der Waals surface area contributed by atoms with Crippen LogP contribution in [0.4, 0.5) is 0 Å². The molecule has 1 aromatic rings. The molecule has 3 nitrogen and oxygen atoms in total. The first-order chi connectivity index (χ1) is 5.97. The molecule has 68 valence electrons. The number of aromatic hydroxyl groups is 2. The van der Waals surface area contributed by atoms with Crippen LogP contribution in [-0.4, -0.2) is 10.2 Å². The lowest BCUT2D eigenvalue weighted by Gasteiger charge is -2.17. The Kier molecular flexibility index (Phi) is 2.16. The van der Waals surface area contributed by atoms with Crippen LogP contribution in [0.5, 0.6) is 11.5 Å². The second kappa shape index (κ2) is 2.98. The minimum atomic E-state index is -0.789. The molecule has 0 spiro atoms. The average Bonchev–Trinajstić information content (AvgIpc) is 2.09. The monoisotopic (exact) mass is 177 g/mol. The van der Waals surface area contributed by atoms with Crippen LogP contribution in [0.25, 0.3) is 0 Å². The Morgan fingerprint density at radius 1 is 1.31 bits per heavy atom. The molecule has 0 unspecified atom stereocenters. The highest BCUT2D eigenvalue weighted by molar-refractivity contribution is 5.45. The summed E-state index contributed by atoms with van der Waals surface area (Å²) in [6, 6.07) is 6.22. The van der Waals surface area contributed by atoms with E-state index in [0.717, 1.165) is 0 Å². The van der Waals surface area contributed by atoms with Crippen molar-refractivity contribution >= 4 is 0 Å². The van der Waals surface area contributed by atoms with Crippen molar-refractivity contribution in [2.24, 2.45) is 0 Å². The third-order valence-corrected chi connectivity index (χ3v) is 1.93. The maximum Gasteiger partial charge on any atom is 0.120 e. The summed E-state index contributed by atoms with van der Waals surface area (Å²) in [7, 11) is 0. The van der Waals surface area contributed by atoms with E-state index in [-0.39, 0.29) is 11.5 Å². The molecule has 0 radical (unpaired) electrons. The highest BCUT2D eigenvalue weighted by Crippen LogP contribution is 2.32. The van der Waals surface area contributed by atoms with Gasteiger partial charge in [-0.3, -0.25) is 0 Å². The number of nitriles is 1. The zero-order valence-electron chi connectivity index (χ0n) is 7.57. The molecule has 13 heavy (non-hydrogen) atoms. The quantitative estimate of drug-likeness (QED) is 0.644. The minimum Gasteiger partial charge on any atom is -0.508 e. The molecule has 0 amide bonds. The molecule has 0 fully saturated rings. The Morgan fingerprint density at radius 3 is 2.46 bits per heavy atom. The molecule has 0 atom stereocenters. The smallest absolute Gasteiger partial charge is 0.120 e. The van der Waals surface area contributed by atoms with Gasteiger partial charge in [0.1, 0.15) is 11.5 Å². The molecule has 3 heteroatoms. The molecule has 1 aromatic carbocycles. The van der Waals surface area contributed by atoms with Crippen molar-refractivity contribution < 1.29 is 10.2 Å². The number of hydrogen-bond donors (Lipinski definition) is 2. The number of phenolic OH excluding ortho intramolecular Hbond substituents is 2. The molecule has 0 aliphatic heterocycles. The summed E-state index contributed by atoms with van der Waals surface area (Å²) in [5, 5.41) is 27.4. The van der Waals surface area contributed by atoms with Crippen LogP contribution in [0, 0.1) is 11.3 Å². The van der Waals surface area contributed by atoms with Gasteiger partial charge in [-0.2, -0.15) is 5.26 Å². The van der Waals surface area contributed by atoms with Crippen molar-refractivity contribution in [2.45, 2.75) is 19.3 Å². The van der Waals surface area contributed by atoms with Gasteiger partial charge in [-0.15, -0.1) is 0 Å². The van der Waals surface area contributed by atoms with Crippen molar-refractivity contribution in [2.75, 3.05) is 0 Å². The van der Waals surface area contributed by atoms with Gasteiger partial charge < -0.3 is 10.2 Å². The van der Waals surface area contributed by atoms with Crippen LogP contribution < -0.4 is 0 Å². The molecule has 0 heterocycles. The second-order valence-corrected chi connectivity index (χ2v) is 3.44. The fourth-order valence-electron chi connectivity index (χ4n) is 1.08. The number of hydrogen-bond acceptors (Lipinski definition) is 3. The third-order valence-electron chi connectivity index (χ3n) is 1.93. The molecule has 0 aromatic heterocycles. The van der Waals surface area contributed by atoms with Gasteiger partial charge in [0.15, 0.2) is 0 Å². The number of nitrogens with zero attached hydrogens (tertiary/aromatic N) is 1. The van der Waals surface area contributed by atoms with E-state index in [1.54, 1.807) is 13.8 Å². The molecular formula is C10H11NO2. The van der Waals surface area contributed by atoms with E-state index >= 15 is 0 Å². The Labute approximate surface area is 76.9 Å². The third kappa shape index (κ3) is 1.73. The van der Waals surface area contributed by atoms with Crippen LogP contribution in [0.3, 0.4) is 0 Å². The summed E-state index contributed by atoms with van der Waals surface area (Å²) in [6.45, 7) is 3.36. The van der Waals surface area contributed by atoms with Crippen LogP contribution in [-0.2, 0) is 5.41 Å². The van der Waals surface area contributed by atoms with Crippen molar-refractivity contribution in [1.82, 2.24) is 0 Å². The van der Waals surface area contributed by atoms with Crippen LogP contribution in [0.1, 0.15) is 19.4 Å². The Morgan fingerprint density at radius 2 is 1.92 bits per heavy atom. The highest BCUT2D eigenvalue weighted by Gasteiger charge is 2.23. The summed E-state index contributed by atoms with van der Waals surface area (Å²) in [4.78, 5) is 0. The SMILES string of the molecule is CC(C)(C#N)c1cc(O)ccc1O. The normalized spacial score (nSPS) is 10.8. The van der Waals surface area contributed by atoms with Crippen molar-refractivity contribution in [1.29, 1.82) is 5.26 Å². The average molecular weight is 177 g/mol. The van der Waals surface area contributed by atoms with E-state index < -0.39 is 5.41 Å². The molecule has 1 rings (SSSR count). The highest BCUT2D eigenvalue weighted by atomic mass is 16.3. The molecule has 0 aliphatic rings. The molecule has 0 bridgehead atoms. The molecular weight excluding hydrogens is 166 g/mol. The zero-order valence-corrected chi connectivity index (χ0v) is 7.57. The first kappa shape index (κ1) is 9.40. The van der Waals surface area contributed by atoms with Crippen molar-refractivity contribution in [3.05, 3.63) is 23.8 Å². The Bertz CT molecular complexity index is 364. The molecule has 0 aliphatic carbocycles. The van der Waals surface area contributed by atoms with Crippen LogP contribution >= 0.6 is 0 Å². The predicted octanol–water partition coefficient (Wildman–Crippen LogP) is 1.90. The van der Waals surface area contributed by atoms with E-state index in [1.165, 1.54) is 18.2 Å². The van der Waals surface area contributed by atoms with Crippen molar-refractivity contribution in [3.63, 3.8) is 0 Å². The zero-order chi connectivity index (χ0) is 10.1.